The Morgan fingerprint density at radius 2 is 1.97 bits per heavy atom. The second kappa shape index (κ2) is 9.69. The van der Waals surface area contributed by atoms with Gasteiger partial charge in [0.05, 0.1) is 6.54 Å². The van der Waals surface area contributed by atoms with Crippen LogP contribution in [0, 0.1) is 18.6 Å². The molecule has 3 aromatic rings. The van der Waals surface area contributed by atoms with Crippen molar-refractivity contribution in [1.29, 1.82) is 0 Å². The number of carbonyl (C=O) groups excluding carboxylic acids is 2. The molecule has 3 rings (SSSR count). The molecule has 1 aromatic heterocycles. The summed E-state index contributed by atoms with van der Waals surface area (Å²) >= 11 is 3.09. The Balaban J connectivity index is 1.92. The number of nitrogens with two attached hydrogens (primary N) is 1. The van der Waals surface area contributed by atoms with E-state index in [0.29, 0.717) is 11.1 Å². The average Bonchev–Trinajstić information content (AvgIpc) is 2.74. The van der Waals surface area contributed by atoms with Crippen molar-refractivity contribution in [2.75, 3.05) is 6.54 Å². The number of hydrogen-bond acceptors (Lipinski definition) is 5. The molecule has 0 unspecified atom stereocenters. The standard InChI is InChI=1S/C21H17BrF2N4O4/c1-10-2-3-11(19(30)26-8-16(25)29)6-14(10)18-27-20(31)17(22)21(28-18)32-9-12-4-5-13(23)7-15(12)24/h2-7H,8-9H2,1H3,(H2,25,29)(H,26,30)(H,27,28,31). The summed E-state index contributed by atoms with van der Waals surface area (Å²) in [7, 11) is 0. The van der Waals surface area contributed by atoms with Crippen LogP contribution in [-0.4, -0.2) is 28.3 Å². The lowest BCUT2D eigenvalue weighted by Gasteiger charge is -2.12. The summed E-state index contributed by atoms with van der Waals surface area (Å²) in [6, 6.07) is 7.71. The summed E-state index contributed by atoms with van der Waals surface area (Å²) in [5.74, 6) is -2.75. The van der Waals surface area contributed by atoms with Crippen molar-refractivity contribution in [3.05, 3.63) is 79.5 Å². The van der Waals surface area contributed by atoms with Crippen LogP contribution in [0.15, 0.2) is 45.7 Å². The monoisotopic (exact) mass is 506 g/mol. The molecule has 8 nitrogen and oxygen atoms in total. The number of aromatic nitrogens is 2. The number of aromatic amines is 1. The van der Waals surface area contributed by atoms with Gasteiger partial charge in [-0.25, -0.2) is 8.78 Å². The predicted molar refractivity (Wildman–Crippen MR) is 115 cm³/mol. The Hall–Kier alpha value is -3.60. The number of halogens is 3. The van der Waals surface area contributed by atoms with Crippen LogP contribution in [0.2, 0.25) is 0 Å². The van der Waals surface area contributed by atoms with Gasteiger partial charge in [-0.2, -0.15) is 4.98 Å². The second-order valence-corrected chi connectivity index (χ2v) is 7.53. The zero-order chi connectivity index (χ0) is 23.4. The van der Waals surface area contributed by atoms with Crippen LogP contribution in [0.5, 0.6) is 5.88 Å². The van der Waals surface area contributed by atoms with E-state index in [1.54, 1.807) is 19.1 Å². The number of ether oxygens (including phenoxy) is 1. The second-order valence-electron chi connectivity index (χ2n) is 6.74. The molecule has 0 saturated heterocycles. The smallest absolute Gasteiger partial charge is 0.269 e. The van der Waals surface area contributed by atoms with Gasteiger partial charge < -0.3 is 20.8 Å². The van der Waals surface area contributed by atoms with Crippen LogP contribution in [0.3, 0.4) is 0 Å². The Kier molecular flexibility index (Phi) is 6.98. The number of carbonyl (C=O) groups is 2. The molecule has 2 aromatic carbocycles. The molecule has 0 saturated carbocycles. The maximum absolute atomic E-state index is 13.9. The number of nitrogens with zero attached hydrogens (tertiary/aromatic N) is 1. The molecule has 0 radical (unpaired) electrons. The molecule has 0 bridgehead atoms. The molecule has 0 aliphatic carbocycles. The van der Waals surface area contributed by atoms with Crippen molar-refractivity contribution in [3.8, 4) is 17.3 Å². The summed E-state index contributed by atoms with van der Waals surface area (Å²) in [5, 5.41) is 2.38. The van der Waals surface area contributed by atoms with E-state index in [-0.39, 0.29) is 40.5 Å². The number of benzene rings is 2. The Morgan fingerprint density at radius 3 is 2.66 bits per heavy atom. The van der Waals surface area contributed by atoms with Gasteiger partial charge in [0.2, 0.25) is 11.8 Å². The van der Waals surface area contributed by atoms with Gasteiger partial charge >= 0.3 is 0 Å². The molecule has 0 aliphatic rings. The molecule has 0 atom stereocenters. The first kappa shape index (κ1) is 23.1. The highest BCUT2D eigenvalue weighted by molar-refractivity contribution is 9.10. The zero-order valence-electron chi connectivity index (χ0n) is 16.7. The van der Waals surface area contributed by atoms with E-state index in [2.05, 4.69) is 31.2 Å². The van der Waals surface area contributed by atoms with Crippen molar-refractivity contribution < 1.29 is 23.1 Å². The predicted octanol–water partition coefficient (Wildman–Crippen LogP) is 2.58. The number of hydrogen-bond donors (Lipinski definition) is 3. The summed E-state index contributed by atoms with van der Waals surface area (Å²) in [6.07, 6.45) is 0. The fourth-order valence-electron chi connectivity index (χ4n) is 2.73. The highest BCUT2D eigenvalue weighted by Crippen LogP contribution is 2.26. The van der Waals surface area contributed by atoms with Gasteiger partial charge in [-0.1, -0.05) is 6.07 Å². The molecule has 0 aliphatic heterocycles. The van der Waals surface area contributed by atoms with E-state index >= 15 is 0 Å². The third-order valence-electron chi connectivity index (χ3n) is 4.39. The SMILES string of the molecule is Cc1ccc(C(=O)NCC(N)=O)cc1-c1nc(OCc2ccc(F)cc2F)c(Br)c(=O)[nH]1. The number of amides is 2. The van der Waals surface area contributed by atoms with Crippen LogP contribution in [0.1, 0.15) is 21.5 Å². The topological polar surface area (TPSA) is 127 Å². The lowest BCUT2D eigenvalue weighted by atomic mass is 10.0. The van der Waals surface area contributed by atoms with Gasteiger partial charge in [0, 0.05) is 22.8 Å². The molecule has 32 heavy (non-hydrogen) atoms. The van der Waals surface area contributed by atoms with Crippen LogP contribution >= 0.6 is 15.9 Å². The summed E-state index contributed by atoms with van der Waals surface area (Å²) in [6.45, 7) is 1.12. The normalized spacial score (nSPS) is 10.6. The Bertz CT molecular complexity index is 1260. The van der Waals surface area contributed by atoms with Crippen molar-refractivity contribution >= 4 is 27.7 Å². The maximum Gasteiger partial charge on any atom is 0.269 e. The van der Waals surface area contributed by atoms with E-state index in [9.17, 15) is 23.2 Å². The molecule has 4 N–H and O–H groups in total. The van der Waals surface area contributed by atoms with Gasteiger partial charge in [-0.3, -0.25) is 14.4 Å². The van der Waals surface area contributed by atoms with E-state index in [4.69, 9.17) is 10.5 Å². The minimum absolute atomic E-state index is 0.0169. The molecule has 11 heteroatoms. The largest absolute Gasteiger partial charge is 0.472 e. The number of H-pyrrole nitrogens is 1. The fourth-order valence-corrected chi connectivity index (χ4v) is 3.04. The fraction of sp³-hybridized carbons (Fsp3) is 0.143. The number of aryl methyl sites for hydroxylation is 1. The summed E-state index contributed by atoms with van der Waals surface area (Å²) in [4.78, 5) is 42.4. The molecule has 0 fully saturated rings. The minimum atomic E-state index is -0.795. The van der Waals surface area contributed by atoms with Crippen LogP contribution in [-0.2, 0) is 11.4 Å². The molecular weight excluding hydrogens is 490 g/mol. The minimum Gasteiger partial charge on any atom is -0.472 e. The molecular formula is C21H17BrF2N4O4. The van der Waals surface area contributed by atoms with Crippen molar-refractivity contribution in [1.82, 2.24) is 15.3 Å². The zero-order valence-corrected chi connectivity index (χ0v) is 18.3. The molecule has 2 amide bonds. The summed E-state index contributed by atoms with van der Waals surface area (Å²) in [5.41, 5.74) is 5.89. The van der Waals surface area contributed by atoms with Gasteiger partial charge in [0.1, 0.15) is 28.5 Å². The Morgan fingerprint density at radius 1 is 1.22 bits per heavy atom. The van der Waals surface area contributed by atoms with Crippen molar-refractivity contribution in [2.24, 2.45) is 5.73 Å². The van der Waals surface area contributed by atoms with Crippen molar-refractivity contribution in [3.63, 3.8) is 0 Å². The first-order valence-corrected chi connectivity index (χ1v) is 9.99. The third-order valence-corrected chi connectivity index (χ3v) is 5.09. The molecule has 1 heterocycles. The Labute approximate surface area is 188 Å². The number of nitrogens with one attached hydrogen (secondary N) is 2. The lowest BCUT2D eigenvalue weighted by molar-refractivity contribution is -0.117. The van der Waals surface area contributed by atoms with E-state index < -0.39 is 29.0 Å². The first-order valence-electron chi connectivity index (χ1n) is 9.19. The first-order chi connectivity index (χ1) is 15.2. The van der Waals surface area contributed by atoms with Gasteiger partial charge in [0.25, 0.3) is 11.5 Å². The van der Waals surface area contributed by atoms with E-state index in [1.807, 2.05) is 0 Å². The maximum atomic E-state index is 13.9. The average molecular weight is 507 g/mol. The van der Waals surface area contributed by atoms with Gasteiger partial charge in [-0.05, 0) is 52.7 Å². The molecule has 166 valence electrons. The quantitative estimate of drug-likeness (QED) is 0.453. The van der Waals surface area contributed by atoms with Crippen molar-refractivity contribution in [2.45, 2.75) is 13.5 Å². The highest BCUT2D eigenvalue weighted by Gasteiger charge is 2.16. The van der Waals surface area contributed by atoms with E-state index in [0.717, 1.165) is 12.1 Å². The number of rotatable bonds is 7. The van der Waals surface area contributed by atoms with Gasteiger partial charge in [-0.15, -0.1) is 0 Å². The van der Waals surface area contributed by atoms with E-state index in [1.165, 1.54) is 12.1 Å². The highest BCUT2D eigenvalue weighted by atomic mass is 79.9. The van der Waals surface area contributed by atoms with Crippen LogP contribution in [0.4, 0.5) is 8.78 Å². The lowest BCUT2D eigenvalue weighted by Crippen LogP contribution is -2.33. The number of primary amides is 1. The summed E-state index contributed by atoms with van der Waals surface area (Å²) < 4.78 is 32.4. The van der Waals surface area contributed by atoms with Crippen LogP contribution < -0.4 is 21.3 Å². The van der Waals surface area contributed by atoms with Crippen LogP contribution in [0.25, 0.3) is 11.4 Å². The molecule has 0 spiro atoms. The van der Waals surface area contributed by atoms with Gasteiger partial charge in [0.15, 0.2) is 0 Å². The third kappa shape index (κ3) is 5.35.